The number of amides is 1. The van der Waals surface area contributed by atoms with Gasteiger partial charge >= 0.3 is 6.18 Å². The Hall–Kier alpha value is -2.00. The molecule has 1 aromatic heterocycles. The summed E-state index contributed by atoms with van der Waals surface area (Å²) in [6.07, 6.45) is -2.89. The molecule has 0 aliphatic carbocycles. The van der Waals surface area contributed by atoms with Crippen LogP contribution in [0.15, 0.2) is 24.4 Å². The molecule has 0 radical (unpaired) electrons. The maximum Gasteiger partial charge on any atom is 0.401 e. The van der Waals surface area contributed by atoms with E-state index in [9.17, 15) is 18.0 Å². The highest BCUT2D eigenvalue weighted by atomic mass is 32.1. The fourth-order valence-electron chi connectivity index (χ4n) is 2.42. The SMILES string of the molecule is O=C(Nc1cccc2c1CN(CC(F)(F)F)C2)c1cnsn1. The van der Waals surface area contributed by atoms with Gasteiger partial charge in [-0.15, -0.1) is 0 Å². The zero-order chi connectivity index (χ0) is 15.7. The second kappa shape index (κ2) is 5.65. The van der Waals surface area contributed by atoms with Crippen LogP contribution in [0.5, 0.6) is 0 Å². The number of nitrogens with zero attached hydrogens (tertiary/aromatic N) is 3. The van der Waals surface area contributed by atoms with Gasteiger partial charge in [0.1, 0.15) is 0 Å². The highest BCUT2D eigenvalue weighted by molar-refractivity contribution is 6.99. The number of halogens is 3. The molecule has 9 heteroatoms. The first kappa shape index (κ1) is 14.9. The van der Waals surface area contributed by atoms with Crippen molar-refractivity contribution in [3.05, 3.63) is 41.2 Å². The van der Waals surface area contributed by atoms with Crippen LogP contribution in [-0.4, -0.2) is 32.3 Å². The van der Waals surface area contributed by atoms with Gasteiger partial charge in [-0.1, -0.05) is 12.1 Å². The van der Waals surface area contributed by atoms with Gasteiger partial charge in [0.2, 0.25) is 0 Å². The van der Waals surface area contributed by atoms with Gasteiger partial charge in [0.25, 0.3) is 5.91 Å². The van der Waals surface area contributed by atoms with Crippen LogP contribution in [0.4, 0.5) is 18.9 Å². The van der Waals surface area contributed by atoms with E-state index in [0.29, 0.717) is 11.3 Å². The molecule has 3 rings (SSSR count). The van der Waals surface area contributed by atoms with Crippen molar-refractivity contribution in [3.8, 4) is 0 Å². The van der Waals surface area contributed by atoms with Gasteiger partial charge in [0.05, 0.1) is 24.5 Å². The van der Waals surface area contributed by atoms with Gasteiger partial charge in [-0.3, -0.25) is 9.69 Å². The molecular weight excluding hydrogens is 317 g/mol. The lowest BCUT2D eigenvalue weighted by molar-refractivity contribution is -0.146. The Labute approximate surface area is 128 Å². The average Bonchev–Trinajstić information content (AvgIpc) is 3.05. The number of fused-ring (bicyclic) bond motifs is 1. The molecule has 2 heterocycles. The molecule has 0 unspecified atom stereocenters. The van der Waals surface area contributed by atoms with Crippen LogP contribution in [0.25, 0.3) is 0 Å². The van der Waals surface area contributed by atoms with E-state index < -0.39 is 18.6 Å². The summed E-state index contributed by atoms with van der Waals surface area (Å²) < 4.78 is 45.1. The largest absolute Gasteiger partial charge is 0.401 e. The Kier molecular flexibility index (Phi) is 3.83. The summed E-state index contributed by atoms with van der Waals surface area (Å²) in [4.78, 5) is 13.3. The predicted molar refractivity (Wildman–Crippen MR) is 74.5 cm³/mol. The number of anilines is 1. The van der Waals surface area contributed by atoms with Crippen molar-refractivity contribution in [2.45, 2.75) is 19.3 Å². The zero-order valence-corrected chi connectivity index (χ0v) is 12.0. The molecule has 0 spiro atoms. The van der Waals surface area contributed by atoms with Gasteiger partial charge in [0.15, 0.2) is 5.69 Å². The predicted octanol–water partition coefficient (Wildman–Crippen LogP) is 2.67. The number of rotatable bonds is 3. The summed E-state index contributed by atoms with van der Waals surface area (Å²) in [5.41, 5.74) is 2.20. The average molecular weight is 328 g/mol. The van der Waals surface area contributed by atoms with Gasteiger partial charge < -0.3 is 5.32 Å². The minimum Gasteiger partial charge on any atom is -0.320 e. The van der Waals surface area contributed by atoms with Crippen LogP contribution < -0.4 is 5.32 Å². The van der Waals surface area contributed by atoms with Crippen molar-refractivity contribution in [3.63, 3.8) is 0 Å². The molecule has 0 bridgehead atoms. The first-order chi connectivity index (χ1) is 10.4. The molecule has 1 N–H and O–H groups in total. The number of nitrogens with one attached hydrogen (secondary N) is 1. The van der Waals surface area contributed by atoms with E-state index >= 15 is 0 Å². The summed E-state index contributed by atoms with van der Waals surface area (Å²) >= 11 is 0.917. The molecule has 22 heavy (non-hydrogen) atoms. The van der Waals surface area contributed by atoms with E-state index in [2.05, 4.69) is 14.1 Å². The number of carbonyl (C=O) groups excluding carboxylic acids is 1. The lowest BCUT2D eigenvalue weighted by atomic mass is 10.1. The van der Waals surface area contributed by atoms with E-state index in [4.69, 9.17) is 0 Å². The van der Waals surface area contributed by atoms with E-state index in [1.54, 1.807) is 18.2 Å². The Balaban J connectivity index is 1.77. The van der Waals surface area contributed by atoms with Gasteiger partial charge in [-0.05, 0) is 17.2 Å². The summed E-state index contributed by atoms with van der Waals surface area (Å²) in [5.74, 6) is -0.420. The number of carbonyl (C=O) groups is 1. The number of hydrogen-bond acceptors (Lipinski definition) is 5. The quantitative estimate of drug-likeness (QED) is 0.941. The Morgan fingerprint density at radius 1 is 1.36 bits per heavy atom. The summed E-state index contributed by atoms with van der Waals surface area (Å²) in [6, 6.07) is 5.16. The van der Waals surface area contributed by atoms with Crippen LogP contribution in [0.1, 0.15) is 21.6 Å². The maximum atomic E-state index is 12.5. The molecule has 0 atom stereocenters. The Bertz CT molecular complexity index is 687. The third-order valence-electron chi connectivity index (χ3n) is 3.29. The van der Waals surface area contributed by atoms with E-state index in [0.717, 1.165) is 17.3 Å². The molecule has 1 aliphatic heterocycles. The van der Waals surface area contributed by atoms with Crippen molar-refractivity contribution in [1.29, 1.82) is 0 Å². The number of aromatic nitrogens is 2. The van der Waals surface area contributed by atoms with E-state index in [1.165, 1.54) is 11.1 Å². The fraction of sp³-hybridized carbons (Fsp3) is 0.308. The molecule has 1 aliphatic rings. The monoisotopic (exact) mass is 328 g/mol. The molecule has 1 amide bonds. The minimum absolute atomic E-state index is 0.153. The molecule has 116 valence electrons. The summed E-state index contributed by atoms with van der Waals surface area (Å²) in [6.45, 7) is -0.595. The second-order valence-corrected chi connectivity index (χ2v) is 5.51. The van der Waals surface area contributed by atoms with Crippen molar-refractivity contribution in [1.82, 2.24) is 13.6 Å². The van der Waals surface area contributed by atoms with Crippen molar-refractivity contribution in [2.75, 3.05) is 11.9 Å². The maximum absolute atomic E-state index is 12.5. The van der Waals surface area contributed by atoms with Crippen LogP contribution in [-0.2, 0) is 13.1 Å². The third kappa shape index (κ3) is 3.25. The minimum atomic E-state index is -4.24. The zero-order valence-electron chi connectivity index (χ0n) is 11.2. The Morgan fingerprint density at radius 2 is 2.18 bits per heavy atom. The molecule has 2 aromatic rings. The number of benzene rings is 1. The smallest absolute Gasteiger partial charge is 0.320 e. The normalized spacial score (nSPS) is 14.9. The van der Waals surface area contributed by atoms with Crippen LogP contribution >= 0.6 is 11.7 Å². The topological polar surface area (TPSA) is 58.1 Å². The number of hydrogen-bond donors (Lipinski definition) is 1. The van der Waals surface area contributed by atoms with Crippen LogP contribution in [0.2, 0.25) is 0 Å². The highest BCUT2D eigenvalue weighted by Gasteiger charge is 2.34. The summed E-state index contributed by atoms with van der Waals surface area (Å²) in [7, 11) is 0. The fourth-order valence-corrected chi connectivity index (χ4v) is 2.84. The Morgan fingerprint density at radius 3 is 2.86 bits per heavy atom. The lowest BCUT2D eigenvalue weighted by Crippen LogP contribution is -2.30. The third-order valence-corrected chi connectivity index (χ3v) is 3.77. The molecule has 0 fully saturated rings. The standard InChI is InChI=1S/C13H11F3N4OS/c14-13(15,16)7-20-5-8-2-1-3-10(9(8)6-20)18-12(21)11-4-17-22-19-11/h1-4H,5-7H2,(H,18,21). The van der Waals surface area contributed by atoms with Gasteiger partial charge in [-0.25, -0.2) is 0 Å². The van der Waals surface area contributed by atoms with Gasteiger partial charge in [0, 0.05) is 18.8 Å². The van der Waals surface area contributed by atoms with Crippen LogP contribution in [0, 0.1) is 0 Å². The van der Waals surface area contributed by atoms with Crippen LogP contribution in [0.3, 0.4) is 0 Å². The first-order valence-corrected chi connectivity index (χ1v) is 7.14. The highest BCUT2D eigenvalue weighted by Crippen LogP contribution is 2.31. The van der Waals surface area contributed by atoms with Gasteiger partial charge in [-0.2, -0.15) is 21.9 Å². The van der Waals surface area contributed by atoms with Crippen molar-refractivity contribution in [2.24, 2.45) is 0 Å². The molecule has 0 saturated heterocycles. The van der Waals surface area contributed by atoms with Crippen molar-refractivity contribution < 1.29 is 18.0 Å². The summed E-state index contributed by atoms with van der Waals surface area (Å²) in [5, 5.41) is 2.69. The van der Waals surface area contributed by atoms with E-state index in [-0.39, 0.29) is 18.8 Å². The van der Waals surface area contributed by atoms with Crippen molar-refractivity contribution >= 4 is 23.3 Å². The van der Waals surface area contributed by atoms with E-state index in [1.807, 2.05) is 0 Å². The first-order valence-electron chi connectivity index (χ1n) is 6.41. The second-order valence-electron chi connectivity index (χ2n) is 4.95. The molecular formula is C13H11F3N4OS. The molecule has 5 nitrogen and oxygen atoms in total. The number of alkyl halides is 3. The molecule has 1 aromatic carbocycles. The lowest BCUT2D eigenvalue weighted by Gasteiger charge is -2.16. The molecule has 0 saturated carbocycles.